The molecule has 0 spiro atoms. The number of likely N-dealkylation sites (tertiary alicyclic amines) is 2. The monoisotopic (exact) mass is 282 g/mol. The fourth-order valence-corrected chi connectivity index (χ4v) is 3.27. The predicted molar refractivity (Wildman–Crippen MR) is 76.4 cm³/mol. The summed E-state index contributed by atoms with van der Waals surface area (Å²) in [5, 5.41) is 9.07. The number of aliphatic carboxylic acids is 1. The zero-order valence-corrected chi connectivity index (χ0v) is 12.4. The molecule has 0 bridgehead atoms. The summed E-state index contributed by atoms with van der Waals surface area (Å²) in [7, 11) is 0. The Bertz CT molecular complexity index is 351. The van der Waals surface area contributed by atoms with Crippen LogP contribution in [0, 0.1) is 5.92 Å². The highest BCUT2D eigenvalue weighted by molar-refractivity contribution is 5.78. The summed E-state index contributed by atoms with van der Waals surface area (Å²) in [4.78, 5) is 27.5. The Hall–Kier alpha value is -1.10. The molecule has 2 heterocycles. The average molecular weight is 282 g/mol. The molecule has 2 saturated heterocycles. The zero-order valence-electron chi connectivity index (χ0n) is 12.4. The summed E-state index contributed by atoms with van der Waals surface area (Å²) in [6.07, 6.45) is 5.99. The van der Waals surface area contributed by atoms with E-state index in [4.69, 9.17) is 5.11 Å². The van der Waals surface area contributed by atoms with Crippen molar-refractivity contribution >= 4 is 11.9 Å². The van der Waals surface area contributed by atoms with Crippen molar-refractivity contribution in [3.05, 3.63) is 0 Å². The van der Waals surface area contributed by atoms with Crippen LogP contribution in [0.2, 0.25) is 0 Å². The van der Waals surface area contributed by atoms with E-state index < -0.39 is 5.97 Å². The van der Waals surface area contributed by atoms with Crippen molar-refractivity contribution in [2.45, 2.75) is 51.5 Å². The van der Waals surface area contributed by atoms with Crippen LogP contribution in [0.25, 0.3) is 0 Å². The maximum absolute atomic E-state index is 12.3. The fraction of sp³-hybridized carbons (Fsp3) is 0.867. The molecule has 0 radical (unpaired) electrons. The first-order chi connectivity index (χ1) is 9.58. The second kappa shape index (κ2) is 7.07. The van der Waals surface area contributed by atoms with E-state index in [1.165, 1.54) is 12.8 Å². The van der Waals surface area contributed by atoms with Crippen molar-refractivity contribution in [3.8, 4) is 0 Å². The van der Waals surface area contributed by atoms with E-state index in [0.29, 0.717) is 19.4 Å². The molecule has 0 saturated carbocycles. The quantitative estimate of drug-likeness (QED) is 0.853. The Labute approximate surface area is 120 Å². The van der Waals surface area contributed by atoms with Gasteiger partial charge in [-0.15, -0.1) is 0 Å². The number of piperidine rings is 1. The van der Waals surface area contributed by atoms with Crippen molar-refractivity contribution in [2.75, 3.05) is 26.2 Å². The van der Waals surface area contributed by atoms with Crippen molar-refractivity contribution in [3.63, 3.8) is 0 Å². The largest absolute Gasteiger partial charge is 0.481 e. The van der Waals surface area contributed by atoms with Gasteiger partial charge in [-0.1, -0.05) is 12.8 Å². The van der Waals surface area contributed by atoms with Crippen LogP contribution in [0.4, 0.5) is 0 Å². The Kier molecular flexibility index (Phi) is 5.40. The van der Waals surface area contributed by atoms with Gasteiger partial charge in [0.1, 0.15) is 0 Å². The van der Waals surface area contributed by atoms with Crippen molar-refractivity contribution in [1.29, 1.82) is 0 Å². The smallest absolute Gasteiger partial charge is 0.306 e. The molecule has 2 unspecified atom stereocenters. The van der Waals surface area contributed by atoms with Gasteiger partial charge in [0.25, 0.3) is 0 Å². The van der Waals surface area contributed by atoms with E-state index in [1.54, 1.807) is 0 Å². The third kappa shape index (κ3) is 3.95. The van der Waals surface area contributed by atoms with Gasteiger partial charge >= 0.3 is 5.97 Å². The molecule has 2 fully saturated rings. The molecule has 2 atom stereocenters. The zero-order chi connectivity index (χ0) is 14.5. The van der Waals surface area contributed by atoms with Gasteiger partial charge in [-0.2, -0.15) is 0 Å². The van der Waals surface area contributed by atoms with Crippen LogP contribution in [0.5, 0.6) is 0 Å². The van der Waals surface area contributed by atoms with Crippen LogP contribution >= 0.6 is 0 Å². The van der Waals surface area contributed by atoms with Crippen LogP contribution in [0.1, 0.15) is 45.4 Å². The highest BCUT2D eigenvalue weighted by atomic mass is 16.4. The van der Waals surface area contributed by atoms with Gasteiger partial charge in [0, 0.05) is 19.1 Å². The lowest BCUT2D eigenvalue weighted by Crippen LogP contribution is -2.48. The summed E-state index contributed by atoms with van der Waals surface area (Å²) in [6, 6.07) is 0.181. The third-order valence-electron chi connectivity index (χ3n) is 4.66. The van der Waals surface area contributed by atoms with Crippen LogP contribution in [-0.2, 0) is 9.59 Å². The number of carboxylic acid groups (broad SMARTS) is 1. The Morgan fingerprint density at radius 3 is 2.30 bits per heavy atom. The normalized spacial score (nSPS) is 28.9. The third-order valence-corrected chi connectivity index (χ3v) is 4.66. The molecule has 1 amide bonds. The molecule has 1 N–H and O–H groups in total. The van der Waals surface area contributed by atoms with Gasteiger partial charge in [-0.3, -0.25) is 14.5 Å². The van der Waals surface area contributed by atoms with Gasteiger partial charge in [0.05, 0.1) is 12.5 Å². The molecule has 2 aliphatic heterocycles. The summed E-state index contributed by atoms with van der Waals surface area (Å²) in [5.41, 5.74) is 0. The molecule has 2 aliphatic rings. The Morgan fingerprint density at radius 1 is 1.10 bits per heavy atom. The molecule has 5 heteroatoms. The van der Waals surface area contributed by atoms with Crippen molar-refractivity contribution in [1.82, 2.24) is 9.80 Å². The van der Waals surface area contributed by atoms with Gasteiger partial charge < -0.3 is 10.0 Å². The van der Waals surface area contributed by atoms with Gasteiger partial charge in [0.2, 0.25) is 5.91 Å². The number of hydrogen-bond donors (Lipinski definition) is 1. The van der Waals surface area contributed by atoms with Crippen molar-refractivity contribution in [2.24, 2.45) is 5.92 Å². The number of carbonyl (C=O) groups is 2. The van der Waals surface area contributed by atoms with Crippen molar-refractivity contribution < 1.29 is 14.7 Å². The molecular weight excluding hydrogens is 256 g/mol. The first-order valence-corrected chi connectivity index (χ1v) is 7.82. The van der Waals surface area contributed by atoms with E-state index in [9.17, 15) is 9.59 Å². The predicted octanol–water partition coefficient (Wildman–Crippen LogP) is 1.57. The number of hydrogen-bond acceptors (Lipinski definition) is 3. The van der Waals surface area contributed by atoms with E-state index in [-0.39, 0.29) is 17.9 Å². The molecule has 0 aliphatic carbocycles. The molecule has 20 heavy (non-hydrogen) atoms. The topological polar surface area (TPSA) is 60.9 Å². The first kappa shape index (κ1) is 15.3. The molecule has 114 valence electrons. The second-order valence-electron chi connectivity index (χ2n) is 6.17. The van der Waals surface area contributed by atoms with Crippen LogP contribution in [-0.4, -0.2) is 59.0 Å². The van der Waals surface area contributed by atoms with Crippen LogP contribution in [0.3, 0.4) is 0 Å². The SMILES string of the molecule is CC1CC(C(=O)O)CCN1CC(=O)N1CCCCCC1. The lowest BCUT2D eigenvalue weighted by molar-refractivity contribution is -0.144. The molecule has 0 aromatic heterocycles. The van der Waals surface area contributed by atoms with E-state index in [1.807, 2.05) is 11.8 Å². The van der Waals surface area contributed by atoms with Crippen LogP contribution < -0.4 is 0 Å². The fourth-order valence-electron chi connectivity index (χ4n) is 3.27. The first-order valence-electron chi connectivity index (χ1n) is 7.82. The number of amides is 1. The standard InChI is InChI=1S/C15H26N2O3/c1-12-10-13(15(19)20)6-9-17(12)11-14(18)16-7-4-2-3-5-8-16/h12-13H,2-11H2,1H3,(H,19,20). The molecule has 0 aromatic rings. The molecular formula is C15H26N2O3. The summed E-state index contributed by atoms with van der Waals surface area (Å²) >= 11 is 0. The highest BCUT2D eigenvalue weighted by Gasteiger charge is 2.31. The Morgan fingerprint density at radius 2 is 1.75 bits per heavy atom. The van der Waals surface area contributed by atoms with E-state index in [0.717, 1.165) is 32.5 Å². The number of rotatable bonds is 3. The maximum Gasteiger partial charge on any atom is 0.306 e. The minimum absolute atomic E-state index is 0.181. The lowest BCUT2D eigenvalue weighted by atomic mass is 9.92. The van der Waals surface area contributed by atoms with E-state index >= 15 is 0 Å². The summed E-state index contributed by atoms with van der Waals surface area (Å²) < 4.78 is 0. The van der Waals surface area contributed by atoms with E-state index in [2.05, 4.69) is 4.90 Å². The number of nitrogens with zero attached hydrogens (tertiary/aromatic N) is 2. The van der Waals surface area contributed by atoms with Gasteiger partial charge in [-0.05, 0) is 39.2 Å². The second-order valence-corrected chi connectivity index (χ2v) is 6.17. The minimum atomic E-state index is -0.699. The lowest BCUT2D eigenvalue weighted by Gasteiger charge is -2.36. The summed E-state index contributed by atoms with van der Waals surface area (Å²) in [6.45, 7) is 4.98. The van der Waals surface area contributed by atoms with Gasteiger partial charge in [0.15, 0.2) is 0 Å². The molecule has 5 nitrogen and oxygen atoms in total. The maximum atomic E-state index is 12.3. The number of carbonyl (C=O) groups excluding carboxylic acids is 1. The average Bonchev–Trinajstić information content (AvgIpc) is 2.69. The Balaban J connectivity index is 1.83. The van der Waals surface area contributed by atoms with Gasteiger partial charge in [-0.25, -0.2) is 0 Å². The minimum Gasteiger partial charge on any atom is -0.481 e. The molecule has 0 aromatic carbocycles. The highest BCUT2D eigenvalue weighted by Crippen LogP contribution is 2.23. The van der Waals surface area contributed by atoms with Crippen LogP contribution in [0.15, 0.2) is 0 Å². The number of carboxylic acids is 1. The summed E-state index contributed by atoms with van der Waals surface area (Å²) in [5.74, 6) is -0.725. The molecule has 2 rings (SSSR count).